The molecule has 0 aliphatic carbocycles. The van der Waals surface area contributed by atoms with Crippen molar-refractivity contribution >= 4 is 17.6 Å². The number of carbonyl (C=O) groups excluding carboxylic acids is 2. The molecule has 0 radical (unpaired) electrons. The zero-order valence-electron chi connectivity index (χ0n) is 19.7. The van der Waals surface area contributed by atoms with Crippen molar-refractivity contribution in [1.29, 1.82) is 0 Å². The molecule has 7 nitrogen and oxygen atoms in total. The van der Waals surface area contributed by atoms with Crippen LogP contribution in [0.2, 0.25) is 0 Å². The first-order valence-corrected chi connectivity index (χ1v) is 11.0. The predicted molar refractivity (Wildman–Crippen MR) is 128 cm³/mol. The Labute approximate surface area is 198 Å². The highest BCUT2D eigenvalue weighted by atomic mass is 16.5. The van der Waals surface area contributed by atoms with Crippen molar-refractivity contribution in [2.75, 3.05) is 32.8 Å². The molecule has 0 saturated carbocycles. The molecule has 7 heteroatoms. The normalized spacial score (nSPS) is 14.9. The van der Waals surface area contributed by atoms with E-state index in [0.717, 1.165) is 22.4 Å². The topological polar surface area (TPSA) is 74.3 Å². The summed E-state index contributed by atoms with van der Waals surface area (Å²) in [5, 5.41) is 0. The molecule has 1 atom stereocenters. The van der Waals surface area contributed by atoms with Crippen LogP contribution in [0.5, 0.6) is 17.2 Å². The third-order valence-corrected chi connectivity index (χ3v) is 5.88. The summed E-state index contributed by atoms with van der Waals surface area (Å²) >= 11 is 0. The first-order chi connectivity index (χ1) is 16.5. The van der Waals surface area contributed by atoms with Gasteiger partial charge in [0.25, 0.3) is 0 Å². The van der Waals surface area contributed by atoms with Gasteiger partial charge in [-0.25, -0.2) is 4.79 Å². The third-order valence-electron chi connectivity index (χ3n) is 5.88. The van der Waals surface area contributed by atoms with Crippen LogP contribution in [0.3, 0.4) is 0 Å². The first-order valence-electron chi connectivity index (χ1n) is 11.0. The van der Waals surface area contributed by atoms with Crippen molar-refractivity contribution in [2.24, 2.45) is 0 Å². The Balaban J connectivity index is 1.86. The van der Waals surface area contributed by atoms with Crippen LogP contribution in [0.15, 0.2) is 60.7 Å². The average Bonchev–Trinajstić information content (AvgIpc) is 2.87. The Kier molecular flexibility index (Phi) is 6.72. The fraction of sp³-hybridized carbons (Fsp3) is 0.259. The minimum atomic E-state index is -0.429. The summed E-state index contributed by atoms with van der Waals surface area (Å²) in [7, 11) is 4.51. The first kappa shape index (κ1) is 23.2. The van der Waals surface area contributed by atoms with Crippen LogP contribution in [-0.2, 0) is 16.0 Å². The van der Waals surface area contributed by atoms with Crippen LogP contribution < -0.4 is 19.1 Å². The smallest absolute Gasteiger partial charge is 0.337 e. The number of benzene rings is 3. The minimum Gasteiger partial charge on any atom is -0.494 e. The van der Waals surface area contributed by atoms with Gasteiger partial charge in [0, 0.05) is 5.69 Å². The summed E-state index contributed by atoms with van der Waals surface area (Å²) in [5.74, 6) is 1.43. The van der Waals surface area contributed by atoms with Crippen molar-refractivity contribution in [3.05, 3.63) is 82.9 Å². The summed E-state index contributed by atoms with van der Waals surface area (Å²) < 4.78 is 21.4. The van der Waals surface area contributed by atoms with E-state index in [9.17, 15) is 9.59 Å². The quantitative estimate of drug-likeness (QED) is 0.480. The van der Waals surface area contributed by atoms with Gasteiger partial charge in [0.1, 0.15) is 5.75 Å². The van der Waals surface area contributed by atoms with E-state index in [2.05, 4.69) is 0 Å². The molecule has 1 aliphatic heterocycles. The van der Waals surface area contributed by atoms with Crippen LogP contribution in [-0.4, -0.2) is 39.8 Å². The van der Waals surface area contributed by atoms with Gasteiger partial charge < -0.3 is 23.8 Å². The lowest BCUT2D eigenvalue weighted by atomic mass is 9.86. The van der Waals surface area contributed by atoms with E-state index in [4.69, 9.17) is 18.9 Å². The monoisotopic (exact) mass is 461 g/mol. The molecule has 1 heterocycles. The fourth-order valence-electron chi connectivity index (χ4n) is 4.29. The van der Waals surface area contributed by atoms with E-state index in [1.54, 1.807) is 43.4 Å². The lowest BCUT2D eigenvalue weighted by molar-refractivity contribution is -0.118. The molecule has 34 heavy (non-hydrogen) atoms. The van der Waals surface area contributed by atoms with Gasteiger partial charge in [-0.1, -0.05) is 12.1 Å². The highest BCUT2D eigenvalue weighted by molar-refractivity contribution is 5.99. The van der Waals surface area contributed by atoms with Crippen molar-refractivity contribution in [3.8, 4) is 17.2 Å². The molecule has 0 aromatic heterocycles. The zero-order valence-corrected chi connectivity index (χ0v) is 19.7. The number of anilines is 1. The second kappa shape index (κ2) is 9.87. The van der Waals surface area contributed by atoms with Crippen molar-refractivity contribution < 1.29 is 28.5 Å². The fourth-order valence-corrected chi connectivity index (χ4v) is 4.29. The van der Waals surface area contributed by atoms with Gasteiger partial charge in [0.15, 0.2) is 11.5 Å². The standard InChI is InChI=1S/C27H27NO6/c1-5-34-21-12-8-17(9-13-21)26-22-16-24(32-3)23(31-2)14-19(22)15-25(29)28(26)20-10-6-18(7-11-20)27(30)33-4/h6-14,16,26H,5,15H2,1-4H3/t26-/m0/s1. The third kappa shape index (κ3) is 4.29. The van der Waals surface area contributed by atoms with Crippen LogP contribution >= 0.6 is 0 Å². The van der Waals surface area contributed by atoms with E-state index < -0.39 is 12.0 Å². The summed E-state index contributed by atoms with van der Waals surface area (Å²) in [6, 6.07) is 18.0. The summed E-state index contributed by atoms with van der Waals surface area (Å²) in [6.45, 7) is 2.50. The zero-order chi connectivity index (χ0) is 24.2. The van der Waals surface area contributed by atoms with E-state index >= 15 is 0 Å². The number of hydrogen-bond acceptors (Lipinski definition) is 6. The molecule has 4 rings (SSSR count). The maximum atomic E-state index is 13.5. The van der Waals surface area contributed by atoms with Gasteiger partial charge >= 0.3 is 5.97 Å². The van der Waals surface area contributed by atoms with E-state index in [-0.39, 0.29) is 12.3 Å². The van der Waals surface area contributed by atoms with Crippen molar-refractivity contribution in [1.82, 2.24) is 0 Å². The Hall–Kier alpha value is -4.00. The molecule has 1 aliphatic rings. The Morgan fingerprint density at radius 2 is 1.59 bits per heavy atom. The van der Waals surface area contributed by atoms with Crippen molar-refractivity contribution in [2.45, 2.75) is 19.4 Å². The molecule has 176 valence electrons. The minimum absolute atomic E-state index is 0.0653. The van der Waals surface area contributed by atoms with Gasteiger partial charge in [0.2, 0.25) is 5.91 Å². The molecular weight excluding hydrogens is 434 g/mol. The highest BCUT2D eigenvalue weighted by Gasteiger charge is 2.36. The largest absolute Gasteiger partial charge is 0.494 e. The average molecular weight is 462 g/mol. The Bertz CT molecular complexity index is 1190. The maximum Gasteiger partial charge on any atom is 0.337 e. The lowest BCUT2D eigenvalue weighted by Crippen LogP contribution is -2.41. The number of ether oxygens (including phenoxy) is 4. The molecule has 0 unspecified atom stereocenters. The second-order valence-electron chi connectivity index (χ2n) is 7.79. The van der Waals surface area contributed by atoms with Gasteiger partial charge in [-0.3, -0.25) is 4.79 Å². The molecule has 3 aromatic carbocycles. The highest BCUT2D eigenvalue weighted by Crippen LogP contribution is 2.43. The number of nitrogens with zero attached hydrogens (tertiary/aromatic N) is 1. The molecule has 0 spiro atoms. The van der Waals surface area contributed by atoms with Crippen LogP contribution in [0.1, 0.15) is 40.0 Å². The van der Waals surface area contributed by atoms with E-state index in [0.29, 0.717) is 29.4 Å². The molecule has 0 N–H and O–H groups in total. The molecule has 0 fully saturated rings. The number of hydrogen-bond donors (Lipinski definition) is 0. The van der Waals surface area contributed by atoms with Gasteiger partial charge in [-0.05, 0) is 72.1 Å². The summed E-state index contributed by atoms with van der Waals surface area (Å²) in [5.41, 5.74) is 3.83. The van der Waals surface area contributed by atoms with Crippen molar-refractivity contribution in [3.63, 3.8) is 0 Å². The SMILES string of the molecule is CCOc1ccc([C@H]2c3cc(OC)c(OC)cc3CC(=O)N2c2ccc(C(=O)OC)cc2)cc1. The number of methoxy groups -OCH3 is 3. The van der Waals surface area contributed by atoms with Crippen LogP contribution in [0, 0.1) is 0 Å². The molecule has 1 amide bonds. The number of carbonyl (C=O) groups is 2. The molecular formula is C27H27NO6. The maximum absolute atomic E-state index is 13.5. The van der Waals surface area contributed by atoms with Crippen LogP contribution in [0.25, 0.3) is 0 Å². The summed E-state index contributed by atoms with van der Waals surface area (Å²) in [6.07, 6.45) is 0.210. The predicted octanol–water partition coefficient (Wildman–Crippen LogP) is 4.57. The number of rotatable bonds is 7. The number of amides is 1. The lowest BCUT2D eigenvalue weighted by Gasteiger charge is -2.38. The van der Waals surface area contributed by atoms with Gasteiger partial charge in [-0.15, -0.1) is 0 Å². The van der Waals surface area contributed by atoms with E-state index in [1.165, 1.54) is 7.11 Å². The number of esters is 1. The molecule has 0 bridgehead atoms. The summed E-state index contributed by atoms with van der Waals surface area (Å²) in [4.78, 5) is 27.1. The Morgan fingerprint density at radius 3 is 2.18 bits per heavy atom. The van der Waals surface area contributed by atoms with E-state index in [1.807, 2.05) is 43.3 Å². The second-order valence-corrected chi connectivity index (χ2v) is 7.79. The molecule has 0 saturated heterocycles. The molecule has 3 aromatic rings. The van der Waals surface area contributed by atoms with Gasteiger partial charge in [0.05, 0.1) is 46.0 Å². The van der Waals surface area contributed by atoms with Crippen LogP contribution in [0.4, 0.5) is 5.69 Å². The number of fused-ring (bicyclic) bond motifs is 1. The van der Waals surface area contributed by atoms with Gasteiger partial charge in [-0.2, -0.15) is 0 Å². The Morgan fingerprint density at radius 1 is 0.941 bits per heavy atom.